The molecule has 2 N–H and O–H groups in total. The molecule has 5 heteroatoms. The van der Waals surface area contributed by atoms with Crippen LogP contribution in [0.25, 0.3) is 0 Å². The average molecular weight is 269 g/mol. The van der Waals surface area contributed by atoms with E-state index < -0.39 is 0 Å². The van der Waals surface area contributed by atoms with Crippen LogP contribution in [-0.2, 0) is 0 Å². The first-order valence-corrected chi connectivity index (χ1v) is 7.08. The number of hydrogen-bond acceptors (Lipinski definition) is 4. The number of rotatable bonds is 4. The highest BCUT2D eigenvalue weighted by molar-refractivity contribution is 6.32. The molecule has 0 unspecified atom stereocenters. The Morgan fingerprint density at radius 2 is 2.11 bits per heavy atom. The highest BCUT2D eigenvalue weighted by Crippen LogP contribution is 2.29. The SMILES string of the molecule is CCCN(c1ncncc1Cl)C1CCC(N)CC1. The van der Waals surface area contributed by atoms with Crippen LogP contribution < -0.4 is 10.6 Å². The summed E-state index contributed by atoms with van der Waals surface area (Å²) >= 11 is 6.21. The summed E-state index contributed by atoms with van der Waals surface area (Å²) in [5.41, 5.74) is 5.97. The summed E-state index contributed by atoms with van der Waals surface area (Å²) in [4.78, 5) is 10.6. The van der Waals surface area contributed by atoms with E-state index in [4.69, 9.17) is 17.3 Å². The highest BCUT2D eigenvalue weighted by atomic mass is 35.5. The normalized spacial score (nSPS) is 23.9. The fourth-order valence-electron chi connectivity index (χ4n) is 2.63. The first-order valence-electron chi connectivity index (χ1n) is 6.70. The van der Waals surface area contributed by atoms with E-state index in [1.807, 2.05) is 0 Å². The number of nitrogens with two attached hydrogens (primary N) is 1. The van der Waals surface area contributed by atoms with Crippen molar-refractivity contribution in [1.82, 2.24) is 9.97 Å². The molecule has 0 spiro atoms. The Hall–Kier alpha value is -0.870. The van der Waals surface area contributed by atoms with Gasteiger partial charge >= 0.3 is 0 Å². The number of halogens is 1. The molecule has 1 aromatic rings. The lowest BCUT2D eigenvalue weighted by Gasteiger charge is -2.37. The minimum atomic E-state index is 0.366. The lowest BCUT2D eigenvalue weighted by atomic mass is 9.90. The van der Waals surface area contributed by atoms with E-state index in [0.29, 0.717) is 17.1 Å². The summed E-state index contributed by atoms with van der Waals surface area (Å²) < 4.78 is 0. The van der Waals surface area contributed by atoms with Gasteiger partial charge in [-0.2, -0.15) is 0 Å². The first kappa shape index (κ1) is 13.6. The maximum absolute atomic E-state index is 6.21. The molecule has 0 amide bonds. The Labute approximate surface area is 114 Å². The average Bonchev–Trinajstić information content (AvgIpc) is 2.38. The van der Waals surface area contributed by atoms with Crippen LogP contribution in [0, 0.1) is 0 Å². The predicted octanol–water partition coefficient (Wildman–Crippen LogP) is 2.62. The minimum absolute atomic E-state index is 0.366. The van der Waals surface area contributed by atoms with Crippen LogP contribution in [0.15, 0.2) is 12.5 Å². The quantitative estimate of drug-likeness (QED) is 0.912. The number of aromatic nitrogens is 2. The molecule has 18 heavy (non-hydrogen) atoms. The standard InChI is InChI=1S/C13H21ClN4/c1-2-7-18(11-5-3-10(15)4-6-11)13-12(14)8-16-9-17-13/h8-11H,2-7,15H2,1H3. The lowest BCUT2D eigenvalue weighted by molar-refractivity contribution is 0.374. The van der Waals surface area contributed by atoms with Gasteiger partial charge in [-0.1, -0.05) is 18.5 Å². The van der Waals surface area contributed by atoms with Gasteiger partial charge in [0.1, 0.15) is 11.3 Å². The predicted molar refractivity (Wildman–Crippen MR) is 74.9 cm³/mol. The molecule has 1 saturated carbocycles. The first-order chi connectivity index (χ1) is 8.72. The summed E-state index contributed by atoms with van der Waals surface area (Å²) in [6.07, 6.45) is 8.76. The fraction of sp³-hybridized carbons (Fsp3) is 0.692. The van der Waals surface area contributed by atoms with E-state index in [9.17, 15) is 0 Å². The molecular weight excluding hydrogens is 248 g/mol. The number of hydrogen-bond donors (Lipinski definition) is 1. The number of nitrogens with zero attached hydrogens (tertiary/aromatic N) is 3. The van der Waals surface area contributed by atoms with Gasteiger partial charge in [-0.15, -0.1) is 0 Å². The van der Waals surface area contributed by atoms with Crippen LogP contribution in [0.4, 0.5) is 5.82 Å². The molecule has 100 valence electrons. The van der Waals surface area contributed by atoms with Crippen molar-refractivity contribution >= 4 is 17.4 Å². The van der Waals surface area contributed by atoms with E-state index in [0.717, 1.165) is 44.5 Å². The van der Waals surface area contributed by atoms with Crippen molar-refractivity contribution in [2.75, 3.05) is 11.4 Å². The third kappa shape index (κ3) is 3.12. The van der Waals surface area contributed by atoms with Gasteiger partial charge < -0.3 is 10.6 Å². The zero-order valence-electron chi connectivity index (χ0n) is 10.8. The Morgan fingerprint density at radius 3 is 2.72 bits per heavy atom. The summed E-state index contributed by atoms with van der Waals surface area (Å²) in [5, 5.41) is 0.640. The van der Waals surface area contributed by atoms with Crippen LogP contribution in [0.1, 0.15) is 39.0 Å². The maximum atomic E-state index is 6.21. The Kier molecular flexibility index (Phi) is 4.78. The van der Waals surface area contributed by atoms with Gasteiger partial charge in [-0.25, -0.2) is 9.97 Å². The Morgan fingerprint density at radius 1 is 1.39 bits per heavy atom. The topological polar surface area (TPSA) is 55.0 Å². The monoisotopic (exact) mass is 268 g/mol. The second-order valence-corrected chi connectivity index (χ2v) is 5.36. The van der Waals surface area contributed by atoms with Gasteiger partial charge in [0.2, 0.25) is 0 Å². The van der Waals surface area contributed by atoms with Gasteiger partial charge in [-0.05, 0) is 32.1 Å². The van der Waals surface area contributed by atoms with Crippen molar-refractivity contribution in [1.29, 1.82) is 0 Å². The molecule has 1 aliphatic carbocycles. The molecule has 1 fully saturated rings. The third-order valence-electron chi connectivity index (χ3n) is 3.57. The van der Waals surface area contributed by atoms with Gasteiger partial charge in [0, 0.05) is 18.6 Å². The summed E-state index contributed by atoms with van der Waals surface area (Å²) in [6.45, 7) is 3.16. The van der Waals surface area contributed by atoms with Crippen LogP contribution in [-0.4, -0.2) is 28.6 Å². The maximum Gasteiger partial charge on any atom is 0.151 e. The van der Waals surface area contributed by atoms with Crippen LogP contribution in [0.2, 0.25) is 5.02 Å². The van der Waals surface area contributed by atoms with Crippen LogP contribution in [0.3, 0.4) is 0 Å². The largest absolute Gasteiger partial charge is 0.352 e. The zero-order chi connectivity index (χ0) is 13.0. The summed E-state index contributed by atoms with van der Waals surface area (Å²) in [5.74, 6) is 0.869. The van der Waals surface area contributed by atoms with E-state index in [2.05, 4.69) is 21.8 Å². The highest BCUT2D eigenvalue weighted by Gasteiger charge is 2.25. The molecule has 0 aliphatic heterocycles. The minimum Gasteiger partial charge on any atom is -0.352 e. The van der Waals surface area contributed by atoms with Gasteiger partial charge in [0.15, 0.2) is 5.82 Å². The molecule has 1 aromatic heterocycles. The van der Waals surface area contributed by atoms with Crippen molar-refractivity contribution in [3.63, 3.8) is 0 Å². The van der Waals surface area contributed by atoms with Crippen LogP contribution >= 0.6 is 11.6 Å². The Balaban J connectivity index is 2.15. The summed E-state index contributed by atoms with van der Waals surface area (Å²) in [6, 6.07) is 0.878. The van der Waals surface area contributed by atoms with E-state index in [-0.39, 0.29) is 0 Å². The smallest absolute Gasteiger partial charge is 0.151 e. The second kappa shape index (κ2) is 6.34. The third-order valence-corrected chi connectivity index (χ3v) is 3.83. The van der Waals surface area contributed by atoms with Crippen molar-refractivity contribution in [2.45, 2.75) is 51.1 Å². The van der Waals surface area contributed by atoms with Crippen molar-refractivity contribution in [3.05, 3.63) is 17.5 Å². The Bertz CT molecular complexity index is 377. The fourth-order valence-corrected chi connectivity index (χ4v) is 2.85. The molecule has 0 saturated heterocycles. The molecule has 1 heterocycles. The van der Waals surface area contributed by atoms with E-state index in [1.165, 1.54) is 0 Å². The molecule has 0 aromatic carbocycles. The van der Waals surface area contributed by atoms with Crippen LogP contribution in [0.5, 0.6) is 0 Å². The molecule has 1 aliphatic rings. The molecule has 0 radical (unpaired) electrons. The number of anilines is 1. The molecule has 0 atom stereocenters. The lowest BCUT2D eigenvalue weighted by Crippen LogP contribution is -2.42. The van der Waals surface area contributed by atoms with E-state index >= 15 is 0 Å². The molecule has 4 nitrogen and oxygen atoms in total. The van der Waals surface area contributed by atoms with Crippen molar-refractivity contribution in [2.24, 2.45) is 5.73 Å². The molecule has 2 rings (SSSR count). The molecule has 0 bridgehead atoms. The van der Waals surface area contributed by atoms with Gasteiger partial charge in [0.25, 0.3) is 0 Å². The molecular formula is C13H21ClN4. The zero-order valence-corrected chi connectivity index (χ0v) is 11.6. The van der Waals surface area contributed by atoms with Gasteiger partial charge in [-0.3, -0.25) is 0 Å². The van der Waals surface area contributed by atoms with Crippen molar-refractivity contribution in [3.8, 4) is 0 Å². The van der Waals surface area contributed by atoms with Gasteiger partial charge in [0.05, 0.1) is 6.20 Å². The summed E-state index contributed by atoms with van der Waals surface area (Å²) in [7, 11) is 0. The van der Waals surface area contributed by atoms with Crippen molar-refractivity contribution < 1.29 is 0 Å². The second-order valence-electron chi connectivity index (χ2n) is 4.96. The van der Waals surface area contributed by atoms with E-state index in [1.54, 1.807) is 12.5 Å².